The molecular formula is C26H26ClFN2O4. The number of ether oxygens (including phenoxy) is 3. The van der Waals surface area contributed by atoms with Crippen LogP contribution in [0.15, 0.2) is 65.8 Å². The molecule has 3 aromatic carbocycles. The van der Waals surface area contributed by atoms with Gasteiger partial charge >= 0.3 is 0 Å². The Balaban J connectivity index is 1.59. The van der Waals surface area contributed by atoms with Crippen molar-refractivity contribution < 1.29 is 23.4 Å². The van der Waals surface area contributed by atoms with Gasteiger partial charge in [-0.3, -0.25) is 4.79 Å². The maximum atomic E-state index is 13.0. The van der Waals surface area contributed by atoms with Gasteiger partial charge in [0.2, 0.25) is 0 Å². The highest BCUT2D eigenvalue weighted by Crippen LogP contribution is 2.29. The average Bonchev–Trinajstić information content (AvgIpc) is 2.84. The van der Waals surface area contributed by atoms with E-state index in [1.807, 2.05) is 13.8 Å². The van der Waals surface area contributed by atoms with E-state index in [1.165, 1.54) is 18.3 Å². The van der Waals surface area contributed by atoms with E-state index in [2.05, 4.69) is 10.5 Å². The topological polar surface area (TPSA) is 69.2 Å². The Bertz CT molecular complexity index is 1140. The van der Waals surface area contributed by atoms with Gasteiger partial charge in [-0.2, -0.15) is 5.10 Å². The van der Waals surface area contributed by atoms with Crippen LogP contribution >= 0.6 is 11.6 Å². The Hall–Kier alpha value is -3.58. The molecule has 1 amide bonds. The molecule has 6 nitrogen and oxygen atoms in total. The predicted octanol–water partition coefficient (Wildman–Crippen LogP) is 6.01. The minimum Gasteiger partial charge on any atom is -0.490 e. The van der Waals surface area contributed by atoms with Crippen molar-refractivity contribution in [2.75, 3.05) is 13.2 Å². The number of amides is 1. The van der Waals surface area contributed by atoms with E-state index in [0.29, 0.717) is 46.6 Å². The van der Waals surface area contributed by atoms with Crippen molar-refractivity contribution in [3.8, 4) is 17.2 Å². The summed E-state index contributed by atoms with van der Waals surface area (Å²) >= 11 is 6.30. The van der Waals surface area contributed by atoms with Crippen LogP contribution in [0.4, 0.5) is 4.39 Å². The van der Waals surface area contributed by atoms with Crippen LogP contribution in [0.25, 0.3) is 0 Å². The predicted molar refractivity (Wildman–Crippen MR) is 131 cm³/mol. The summed E-state index contributed by atoms with van der Waals surface area (Å²) in [4.78, 5) is 12.5. The van der Waals surface area contributed by atoms with E-state index in [-0.39, 0.29) is 18.3 Å². The number of nitrogens with zero attached hydrogens (tertiary/aromatic N) is 1. The molecule has 178 valence electrons. The molecule has 3 rings (SSSR count). The van der Waals surface area contributed by atoms with Crippen molar-refractivity contribution >= 4 is 23.7 Å². The first-order valence-electron chi connectivity index (χ1n) is 10.9. The zero-order chi connectivity index (χ0) is 24.3. The SMILES string of the molecule is CCCOc1ccc(C(=O)N/N=C/c2ccc(OCc3ccc(F)cc3)c(Cl)c2)cc1OCC. The summed E-state index contributed by atoms with van der Waals surface area (Å²) in [6, 6.07) is 16.2. The minimum atomic E-state index is -0.385. The quantitative estimate of drug-likeness (QED) is 0.267. The van der Waals surface area contributed by atoms with Crippen LogP contribution in [0.3, 0.4) is 0 Å². The molecule has 0 aliphatic rings. The average molecular weight is 485 g/mol. The summed E-state index contributed by atoms with van der Waals surface area (Å²) < 4.78 is 29.9. The van der Waals surface area contributed by atoms with Crippen molar-refractivity contribution in [1.82, 2.24) is 5.43 Å². The number of carbonyl (C=O) groups excluding carboxylic acids is 1. The summed E-state index contributed by atoms with van der Waals surface area (Å²) in [5.41, 5.74) is 4.39. The van der Waals surface area contributed by atoms with Crippen LogP contribution in [-0.2, 0) is 6.61 Å². The van der Waals surface area contributed by atoms with Gasteiger partial charge < -0.3 is 14.2 Å². The molecule has 8 heteroatoms. The van der Waals surface area contributed by atoms with Crippen molar-refractivity contribution in [3.05, 3.63) is 88.2 Å². The number of benzene rings is 3. The van der Waals surface area contributed by atoms with Gasteiger partial charge in [0, 0.05) is 5.56 Å². The van der Waals surface area contributed by atoms with Crippen LogP contribution in [0.2, 0.25) is 5.02 Å². The van der Waals surface area contributed by atoms with E-state index in [1.54, 1.807) is 48.5 Å². The van der Waals surface area contributed by atoms with E-state index in [9.17, 15) is 9.18 Å². The molecule has 0 aromatic heterocycles. The zero-order valence-corrected chi connectivity index (χ0v) is 19.8. The molecule has 1 N–H and O–H groups in total. The first-order chi connectivity index (χ1) is 16.5. The lowest BCUT2D eigenvalue weighted by molar-refractivity contribution is 0.0954. The van der Waals surface area contributed by atoms with E-state index in [0.717, 1.165) is 12.0 Å². The molecule has 0 spiro atoms. The van der Waals surface area contributed by atoms with E-state index in [4.69, 9.17) is 25.8 Å². The van der Waals surface area contributed by atoms with E-state index >= 15 is 0 Å². The normalized spacial score (nSPS) is 10.8. The largest absolute Gasteiger partial charge is 0.490 e. The molecule has 0 fully saturated rings. The standard InChI is InChI=1S/C26H26ClFN2O4/c1-3-13-33-24-12-8-20(15-25(24)32-4-2)26(31)30-29-16-19-7-11-23(22(27)14-19)34-17-18-5-9-21(28)10-6-18/h5-12,14-16H,3-4,13,17H2,1-2H3,(H,30,31)/b29-16+. The third-order valence-electron chi connectivity index (χ3n) is 4.61. The Morgan fingerprint density at radius 3 is 2.44 bits per heavy atom. The second-order valence-electron chi connectivity index (χ2n) is 7.25. The lowest BCUT2D eigenvalue weighted by Gasteiger charge is -2.12. The lowest BCUT2D eigenvalue weighted by Crippen LogP contribution is -2.17. The third kappa shape index (κ3) is 7.22. The smallest absolute Gasteiger partial charge is 0.271 e. The fourth-order valence-corrected chi connectivity index (χ4v) is 3.18. The molecule has 0 atom stereocenters. The van der Waals surface area contributed by atoms with Gasteiger partial charge in [0.05, 0.1) is 24.5 Å². The van der Waals surface area contributed by atoms with Crippen LogP contribution in [0.5, 0.6) is 17.2 Å². The van der Waals surface area contributed by atoms with Crippen LogP contribution in [-0.4, -0.2) is 25.3 Å². The lowest BCUT2D eigenvalue weighted by atomic mass is 10.2. The van der Waals surface area contributed by atoms with Crippen molar-refractivity contribution in [2.24, 2.45) is 5.10 Å². The fourth-order valence-electron chi connectivity index (χ4n) is 2.94. The number of hydrazone groups is 1. The van der Waals surface area contributed by atoms with Gasteiger partial charge in [0.15, 0.2) is 11.5 Å². The number of hydrogen-bond donors (Lipinski definition) is 1. The van der Waals surface area contributed by atoms with Crippen molar-refractivity contribution in [1.29, 1.82) is 0 Å². The van der Waals surface area contributed by atoms with E-state index < -0.39 is 0 Å². The number of rotatable bonds is 11. The van der Waals surface area contributed by atoms with Crippen LogP contribution < -0.4 is 19.6 Å². The number of halogens is 2. The highest BCUT2D eigenvalue weighted by molar-refractivity contribution is 6.32. The number of carbonyl (C=O) groups is 1. The first-order valence-corrected chi connectivity index (χ1v) is 11.3. The molecule has 0 saturated heterocycles. The molecule has 3 aromatic rings. The zero-order valence-electron chi connectivity index (χ0n) is 19.0. The second-order valence-corrected chi connectivity index (χ2v) is 7.65. The molecule has 0 aliphatic carbocycles. The van der Waals surface area contributed by atoms with Gasteiger partial charge in [-0.15, -0.1) is 0 Å². The molecule has 0 saturated carbocycles. The maximum absolute atomic E-state index is 13.0. The minimum absolute atomic E-state index is 0.259. The van der Waals surface area contributed by atoms with Crippen molar-refractivity contribution in [2.45, 2.75) is 26.9 Å². The van der Waals surface area contributed by atoms with Gasteiger partial charge in [-0.05, 0) is 73.0 Å². The third-order valence-corrected chi connectivity index (χ3v) is 4.91. The highest BCUT2D eigenvalue weighted by atomic mass is 35.5. The molecule has 0 radical (unpaired) electrons. The summed E-state index contributed by atoms with van der Waals surface area (Å²) in [6.45, 7) is 5.16. The highest BCUT2D eigenvalue weighted by Gasteiger charge is 2.11. The Labute approximate surface area is 203 Å². The maximum Gasteiger partial charge on any atom is 0.271 e. The summed E-state index contributed by atoms with van der Waals surface area (Å²) in [5.74, 6) is 0.909. The van der Waals surface area contributed by atoms with Crippen molar-refractivity contribution in [3.63, 3.8) is 0 Å². The van der Waals surface area contributed by atoms with Gasteiger partial charge in [0.1, 0.15) is 18.2 Å². The molecule has 0 aliphatic heterocycles. The van der Waals surface area contributed by atoms with Crippen LogP contribution in [0.1, 0.15) is 41.8 Å². The Kier molecular flexibility index (Phi) is 9.29. The molecular weight excluding hydrogens is 459 g/mol. The fraction of sp³-hybridized carbons (Fsp3) is 0.231. The first kappa shape index (κ1) is 25.1. The summed E-state index contributed by atoms with van der Waals surface area (Å²) in [7, 11) is 0. The van der Waals surface area contributed by atoms with Crippen LogP contribution in [0, 0.1) is 5.82 Å². The summed E-state index contributed by atoms with van der Waals surface area (Å²) in [6.07, 6.45) is 2.35. The molecule has 0 unspecified atom stereocenters. The molecule has 0 heterocycles. The molecule has 0 bridgehead atoms. The molecule has 34 heavy (non-hydrogen) atoms. The van der Waals surface area contributed by atoms with Gasteiger partial charge in [0.25, 0.3) is 5.91 Å². The van der Waals surface area contributed by atoms with Gasteiger partial charge in [-0.25, -0.2) is 9.82 Å². The Morgan fingerprint density at radius 1 is 0.971 bits per heavy atom. The summed E-state index contributed by atoms with van der Waals surface area (Å²) in [5, 5.41) is 4.40. The van der Waals surface area contributed by atoms with Gasteiger partial charge in [-0.1, -0.05) is 30.7 Å². The number of hydrogen-bond acceptors (Lipinski definition) is 5. The second kappa shape index (κ2) is 12.6. The number of nitrogens with one attached hydrogen (secondary N) is 1. The monoisotopic (exact) mass is 484 g/mol. The Morgan fingerprint density at radius 2 is 1.74 bits per heavy atom.